The van der Waals surface area contributed by atoms with Crippen LogP contribution >= 0.6 is 0 Å². The molecule has 2 nitrogen and oxygen atoms in total. The van der Waals surface area contributed by atoms with Gasteiger partial charge in [0.2, 0.25) is 0 Å². The van der Waals surface area contributed by atoms with Crippen LogP contribution in [0.15, 0.2) is 11.6 Å². The van der Waals surface area contributed by atoms with Gasteiger partial charge in [0, 0.05) is 6.54 Å². The summed E-state index contributed by atoms with van der Waals surface area (Å²) in [5, 5.41) is 13.2. The van der Waals surface area contributed by atoms with Crippen LogP contribution in [-0.4, -0.2) is 24.3 Å². The van der Waals surface area contributed by atoms with Crippen LogP contribution in [0.3, 0.4) is 0 Å². The molecule has 0 saturated heterocycles. The predicted octanol–water partition coefficient (Wildman–Crippen LogP) is 2.24. The van der Waals surface area contributed by atoms with E-state index < -0.39 is 0 Å². The summed E-state index contributed by atoms with van der Waals surface area (Å²) in [6.07, 6.45) is 9.22. The molecule has 0 aromatic carbocycles. The van der Waals surface area contributed by atoms with Crippen LogP contribution in [0.5, 0.6) is 0 Å². The van der Waals surface area contributed by atoms with Gasteiger partial charge in [0.25, 0.3) is 0 Å². The van der Waals surface area contributed by atoms with E-state index in [0.29, 0.717) is 0 Å². The van der Waals surface area contributed by atoms with Crippen molar-refractivity contribution in [2.75, 3.05) is 13.1 Å². The van der Waals surface area contributed by atoms with Crippen molar-refractivity contribution in [3.63, 3.8) is 0 Å². The molecule has 0 saturated carbocycles. The van der Waals surface area contributed by atoms with Crippen LogP contribution in [0.1, 0.15) is 45.4 Å². The molecule has 0 bridgehead atoms. The van der Waals surface area contributed by atoms with Crippen molar-refractivity contribution >= 4 is 0 Å². The van der Waals surface area contributed by atoms with Crippen LogP contribution in [0.4, 0.5) is 0 Å². The van der Waals surface area contributed by atoms with Gasteiger partial charge in [-0.05, 0) is 44.2 Å². The second-order valence-corrected chi connectivity index (χ2v) is 4.10. The zero-order valence-corrected chi connectivity index (χ0v) is 9.26. The van der Waals surface area contributed by atoms with Crippen molar-refractivity contribution in [2.45, 2.75) is 51.6 Å². The fourth-order valence-corrected chi connectivity index (χ4v) is 1.89. The third-order valence-electron chi connectivity index (χ3n) is 2.77. The lowest BCUT2D eigenvalue weighted by atomic mass is 10.0. The summed E-state index contributed by atoms with van der Waals surface area (Å²) in [6, 6.07) is 0. The average Bonchev–Trinajstić information content (AvgIpc) is 2.46. The molecule has 0 fully saturated rings. The van der Waals surface area contributed by atoms with Crippen molar-refractivity contribution in [3.8, 4) is 0 Å². The molecule has 2 heteroatoms. The maximum atomic E-state index is 9.89. The highest BCUT2D eigenvalue weighted by atomic mass is 16.3. The Bertz CT molecular complexity index is 177. The van der Waals surface area contributed by atoms with E-state index in [9.17, 15) is 5.11 Å². The van der Waals surface area contributed by atoms with Crippen LogP contribution in [0, 0.1) is 0 Å². The molecule has 0 aromatic rings. The molecule has 1 aliphatic rings. The highest BCUT2D eigenvalue weighted by Crippen LogP contribution is 2.19. The zero-order valence-electron chi connectivity index (χ0n) is 9.26. The first-order valence-corrected chi connectivity index (χ1v) is 5.92. The topological polar surface area (TPSA) is 32.3 Å². The van der Waals surface area contributed by atoms with Gasteiger partial charge < -0.3 is 10.4 Å². The fraction of sp³-hybridized carbons (Fsp3) is 0.833. The highest BCUT2D eigenvalue weighted by molar-refractivity contribution is 5.09. The Balaban J connectivity index is 2.26. The summed E-state index contributed by atoms with van der Waals surface area (Å²) < 4.78 is 0. The quantitative estimate of drug-likeness (QED) is 0.523. The Morgan fingerprint density at radius 2 is 2.29 bits per heavy atom. The molecular weight excluding hydrogens is 174 g/mol. The van der Waals surface area contributed by atoms with Crippen molar-refractivity contribution in [2.24, 2.45) is 0 Å². The van der Waals surface area contributed by atoms with E-state index in [4.69, 9.17) is 0 Å². The number of hydrogen-bond donors (Lipinski definition) is 2. The molecule has 0 heterocycles. The maximum Gasteiger partial charge on any atom is 0.0874 e. The molecule has 1 aliphatic carbocycles. The lowest BCUT2D eigenvalue weighted by molar-refractivity contribution is 0.202. The standard InChI is InChI=1S/C12H23NO/c1-2-9-13-10-12(14)11-7-5-3-4-6-8-11/h7,12-14H,2-6,8-10H2,1H3. The molecular formula is C12H23NO. The number of hydrogen-bond acceptors (Lipinski definition) is 2. The fourth-order valence-electron chi connectivity index (χ4n) is 1.89. The van der Waals surface area contributed by atoms with E-state index in [1.54, 1.807) is 0 Å². The molecule has 0 amide bonds. The summed E-state index contributed by atoms with van der Waals surface area (Å²) in [7, 11) is 0. The molecule has 1 rings (SSSR count). The zero-order chi connectivity index (χ0) is 10.2. The second kappa shape index (κ2) is 7.02. The molecule has 0 aliphatic heterocycles. The van der Waals surface area contributed by atoms with Gasteiger partial charge >= 0.3 is 0 Å². The van der Waals surface area contributed by atoms with Crippen molar-refractivity contribution in [3.05, 3.63) is 11.6 Å². The third-order valence-corrected chi connectivity index (χ3v) is 2.77. The van der Waals surface area contributed by atoms with Gasteiger partial charge in [0.15, 0.2) is 0 Å². The van der Waals surface area contributed by atoms with E-state index in [1.165, 1.54) is 24.8 Å². The molecule has 0 aromatic heterocycles. The lowest BCUT2D eigenvalue weighted by Gasteiger charge is -2.14. The van der Waals surface area contributed by atoms with Crippen molar-refractivity contribution < 1.29 is 5.11 Å². The van der Waals surface area contributed by atoms with E-state index >= 15 is 0 Å². The van der Waals surface area contributed by atoms with Crippen LogP contribution < -0.4 is 5.32 Å². The maximum absolute atomic E-state index is 9.89. The Morgan fingerprint density at radius 1 is 1.43 bits per heavy atom. The molecule has 0 spiro atoms. The van der Waals surface area contributed by atoms with Gasteiger partial charge in [-0.1, -0.05) is 19.4 Å². The number of aliphatic hydroxyl groups is 1. The smallest absolute Gasteiger partial charge is 0.0874 e. The monoisotopic (exact) mass is 197 g/mol. The first-order chi connectivity index (χ1) is 6.84. The lowest BCUT2D eigenvalue weighted by Crippen LogP contribution is -2.28. The number of nitrogens with one attached hydrogen (secondary N) is 1. The van der Waals surface area contributed by atoms with Crippen LogP contribution in [0.25, 0.3) is 0 Å². The SMILES string of the molecule is CCCNCC(O)C1=CCCCCC1. The first kappa shape index (κ1) is 11.7. The van der Waals surface area contributed by atoms with Crippen molar-refractivity contribution in [1.82, 2.24) is 5.32 Å². The Labute approximate surface area is 87.4 Å². The van der Waals surface area contributed by atoms with E-state index in [-0.39, 0.29) is 6.10 Å². The van der Waals surface area contributed by atoms with Crippen LogP contribution in [-0.2, 0) is 0 Å². The normalized spacial score (nSPS) is 20.0. The highest BCUT2D eigenvalue weighted by Gasteiger charge is 2.11. The minimum absolute atomic E-state index is 0.250. The summed E-state index contributed by atoms with van der Waals surface area (Å²) in [4.78, 5) is 0. The summed E-state index contributed by atoms with van der Waals surface area (Å²) >= 11 is 0. The van der Waals surface area contributed by atoms with Gasteiger partial charge in [-0.3, -0.25) is 0 Å². The van der Waals surface area contributed by atoms with E-state index in [2.05, 4.69) is 18.3 Å². The summed E-state index contributed by atoms with van der Waals surface area (Å²) in [5.41, 5.74) is 1.26. The Morgan fingerprint density at radius 3 is 3.07 bits per heavy atom. The molecule has 14 heavy (non-hydrogen) atoms. The summed E-state index contributed by atoms with van der Waals surface area (Å²) in [6.45, 7) is 3.87. The average molecular weight is 197 g/mol. The Hall–Kier alpha value is -0.340. The molecule has 2 N–H and O–H groups in total. The number of allylic oxidation sites excluding steroid dienone is 1. The van der Waals surface area contributed by atoms with Crippen molar-refractivity contribution in [1.29, 1.82) is 0 Å². The molecule has 82 valence electrons. The minimum atomic E-state index is -0.250. The predicted molar refractivity (Wildman–Crippen MR) is 60.3 cm³/mol. The number of rotatable bonds is 5. The molecule has 1 atom stereocenters. The van der Waals surface area contributed by atoms with Gasteiger partial charge in [-0.2, -0.15) is 0 Å². The number of aliphatic hydroxyl groups excluding tert-OH is 1. The molecule has 1 unspecified atom stereocenters. The summed E-state index contributed by atoms with van der Waals surface area (Å²) in [5.74, 6) is 0. The first-order valence-electron chi connectivity index (χ1n) is 5.92. The van der Waals surface area contributed by atoms with Crippen LogP contribution in [0.2, 0.25) is 0 Å². The van der Waals surface area contributed by atoms with Gasteiger partial charge in [0.05, 0.1) is 6.10 Å². The van der Waals surface area contributed by atoms with Gasteiger partial charge in [0.1, 0.15) is 0 Å². The minimum Gasteiger partial charge on any atom is -0.387 e. The van der Waals surface area contributed by atoms with E-state index in [0.717, 1.165) is 32.4 Å². The second-order valence-electron chi connectivity index (χ2n) is 4.10. The van der Waals surface area contributed by atoms with Gasteiger partial charge in [-0.15, -0.1) is 0 Å². The van der Waals surface area contributed by atoms with Gasteiger partial charge in [-0.25, -0.2) is 0 Å². The largest absolute Gasteiger partial charge is 0.387 e. The Kier molecular flexibility index (Phi) is 5.88. The molecule has 0 radical (unpaired) electrons. The van der Waals surface area contributed by atoms with E-state index in [1.807, 2.05) is 0 Å². The third kappa shape index (κ3) is 4.25.